The molecule has 0 saturated carbocycles. The maximum Gasteiger partial charge on any atom is 0.251 e. The van der Waals surface area contributed by atoms with Gasteiger partial charge in [-0.15, -0.1) is 0 Å². The van der Waals surface area contributed by atoms with Gasteiger partial charge in [-0.1, -0.05) is 29.8 Å². The van der Waals surface area contributed by atoms with Gasteiger partial charge in [0.2, 0.25) is 0 Å². The average Bonchev–Trinajstić information content (AvgIpc) is 2.63. The van der Waals surface area contributed by atoms with Crippen LogP contribution in [0.25, 0.3) is 0 Å². The molecule has 0 atom stereocenters. The zero-order chi connectivity index (χ0) is 16.8. The molecule has 0 unspecified atom stereocenters. The highest BCUT2D eigenvalue weighted by Crippen LogP contribution is 2.15. The minimum Gasteiger partial charge on any atom is -0.369 e. The molecule has 1 N–H and O–H groups in total. The van der Waals surface area contributed by atoms with Gasteiger partial charge in [-0.2, -0.15) is 0 Å². The molecule has 4 nitrogen and oxygen atoms in total. The third-order valence-corrected chi connectivity index (χ3v) is 4.57. The standard InChI is InChI=1S/C19H22ClN3O/c20-17-8-6-16(7-9-17)19(24)21-10-11-22-12-14-23(15-13-22)18-4-2-1-3-5-18/h1-9H,10-15H2,(H,21,24). The summed E-state index contributed by atoms with van der Waals surface area (Å²) >= 11 is 5.84. The summed E-state index contributed by atoms with van der Waals surface area (Å²) in [7, 11) is 0. The fourth-order valence-corrected chi connectivity index (χ4v) is 3.03. The van der Waals surface area contributed by atoms with E-state index in [4.69, 9.17) is 11.6 Å². The van der Waals surface area contributed by atoms with E-state index in [1.807, 2.05) is 6.07 Å². The highest BCUT2D eigenvalue weighted by Gasteiger charge is 2.16. The Labute approximate surface area is 148 Å². The molecule has 0 aromatic heterocycles. The first-order valence-electron chi connectivity index (χ1n) is 8.28. The topological polar surface area (TPSA) is 35.6 Å². The average molecular weight is 344 g/mol. The van der Waals surface area contributed by atoms with Crippen LogP contribution in [0.3, 0.4) is 0 Å². The molecule has 3 rings (SSSR count). The van der Waals surface area contributed by atoms with E-state index in [2.05, 4.69) is 39.4 Å². The van der Waals surface area contributed by atoms with Gasteiger partial charge in [0, 0.05) is 55.5 Å². The number of benzene rings is 2. The Morgan fingerprint density at radius 1 is 0.958 bits per heavy atom. The molecule has 24 heavy (non-hydrogen) atoms. The molecule has 0 aliphatic carbocycles. The predicted molar refractivity (Wildman–Crippen MR) is 98.9 cm³/mol. The van der Waals surface area contributed by atoms with Crippen LogP contribution in [0.4, 0.5) is 5.69 Å². The predicted octanol–water partition coefficient (Wildman–Crippen LogP) is 2.89. The molecule has 0 bridgehead atoms. The van der Waals surface area contributed by atoms with E-state index in [1.165, 1.54) is 5.69 Å². The molecule has 126 valence electrons. The van der Waals surface area contributed by atoms with Crippen LogP contribution in [-0.4, -0.2) is 50.1 Å². The molecular formula is C19H22ClN3O. The minimum atomic E-state index is -0.0467. The number of carbonyl (C=O) groups excluding carboxylic acids is 1. The van der Waals surface area contributed by atoms with E-state index in [0.29, 0.717) is 17.1 Å². The van der Waals surface area contributed by atoms with Crippen LogP contribution in [0.2, 0.25) is 5.02 Å². The van der Waals surface area contributed by atoms with E-state index < -0.39 is 0 Å². The second kappa shape index (κ2) is 8.18. The van der Waals surface area contributed by atoms with Gasteiger partial charge in [0.1, 0.15) is 0 Å². The number of nitrogens with zero attached hydrogens (tertiary/aromatic N) is 2. The number of anilines is 1. The van der Waals surface area contributed by atoms with Gasteiger partial charge in [0.25, 0.3) is 5.91 Å². The van der Waals surface area contributed by atoms with Crippen LogP contribution in [-0.2, 0) is 0 Å². The van der Waals surface area contributed by atoms with Crippen molar-refractivity contribution < 1.29 is 4.79 Å². The Morgan fingerprint density at radius 2 is 1.62 bits per heavy atom. The SMILES string of the molecule is O=C(NCCN1CCN(c2ccccc2)CC1)c1ccc(Cl)cc1. The first kappa shape index (κ1) is 16.8. The highest BCUT2D eigenvalue weighted by molar-refractivity contribution is 6.30. The molecule has 5 heteroatoms. The lowest BCUT2D eigenvalue weighted by atomic mass is 10.2. The maximum absolute atomic E-state index is 12.1. The lowest BCUT2D eigenvalue weighted by Gasteiger charge is -2.36. The van der Waals surface area contributed by atoms with E-state index in [0.717, 1.165) is 32.7 Å². The van der Waals surface area contributed by atoms with Gasteiger partial charge in [-0.3, -0.25) is 9.69 Å². The van der Waals surface area contributed by atoms with Crippen molar-refractivity contribution in [1.29, 1.82) is 0 Å². The summed E-state index contributed by atoms with van der Waals surface area (Å²) in [6, 6.07) is 17.5. The normalized spacial score (nSPS) is 15.3. The molecule has 1 saturated heterocycles. The summed E-state index contributed by atoms with van der Waals surface area (Å²) < 4.78 is 0. The molecule has 2 aromatic rings. The first-order chi connectivity index (χ1) is 11.7. The lowest BCUT2D eigenvalue weighted by Crippen LogP contribution is -2.48. The zero-order valence-corrected chi connectivity index (χ0v) is 14.4. The second-order valence-corrected chi connectivity index (χ2v) is 6.36. The van der Waals surface area contributed by atoms with Crippen LogP contribution in [0, 0.1) is 0 Å². The Kier molecular flexibility index (Phi) is 5.72. The van der Waals surface area contributed by atoms with Gasteiger partial charge in [0.15, 0.2) is 0 Å². The number of halogens is 1. The number of piperazine rings is 1. The fourth-order valence-electron chi connectivity index (χ4n) is 2.90. The van der Waals surface area contributed by atoms with E-state index in [-0.39, 0.29) is 5.91 Å². The number of nitrogens with one attached hydrogen (secondary N) is 1. The summed E-state index contributed by atoms with van der Waals surface area (Å²) in [6.07, 6.45) is 0. The smallest absolute Gasteiger partial charge is 0.251 e. The summed E-state index contributed by atoms with van der Waals surface area (Å²) in [5, 5.41) is 3.61. The monoisotopic (exact) mass is 343 g/mol. The van der Waals surface area contributed by atoms with Crippen molar-refractivity contribution in [2.45, 2.75) is 0 Å². The number of amides is 1. The Morgan fingerprint density at radius 3 is 2.29 bits per heavy atom. The van der Waals surface area contributed by atoms with Crippen molar-refractivity contribution in [3.8, 4) is 0 Å². The van der Waals surface area contributed by atoms with Gasteiger partial charge in [0.05, 0.1) is 0 Å². The fraction of sp³-hybridized carbons (Fsp3) is 0.316. The molecular weight excluding hydrogens is 322 g/mol. The highest BCUT2D eigenvalue weighted by atomic mass is 35.5. The van der Waals surface area contributed by atoms with Crippen LogP contribution in [0.15, 0.2) is 54.6 Å². The molecule has 2 aromatic carbocycles. The van der Waals surface area contributed by atoms with E-state index >= 15 is 0 Å². The summed E-state index contributed by atoms with van der Waals surface area (Å²) in [5.74, 6) is -0.0467. The number of hydrogen-bond donors (Lipinski definition) is 1. The van der Waals surface area contributed by atoms with Gasteiger partial charge in [-0.25, -0.2) is 0 Å². The summed E-state index contributed by atoms with van der Waals surface area (Å²) in [5.41, 5.74) is 1.93. The number of rotatable bonds is 5. The number of hydrogen-bond acceptors (Lipinski definition) is 3. The van der Waals surface area contributed by atoms with Crippen LogP contribution >= 0.6 is 11.6 Å². The molecule has 0 radical (unpaired) electrons. The molecule has 1 amide bonds. The zero-order valence-electron chi connectivity index (χ0n) is 13.6. The van der Waals surface area contributed by atoms with E-state index in [1.54, 1.807) is 24.3 Å². The van der Waals surface area contributed by atoms with E-state index in [9.17, 15) is 4.79 Å². The van der Waals surface area contributed by atoms with Crippen LogP contribution in [0.1, 0.15) is 10.4 Å². The van der Waals surface area contributed by atoms with Crippen molar-refractivity contribution in [3.05, 3.63) is 65.2 Å². The largest absolute Gasteiger partial charge is 0.369 e. The molecule has 1 fully saturated rings. The maximum atomic E-state index is 12.1. The second-order valence-electron chi connectivity index (χ2n) is 5.93. The summed E-state index contributed by atoms with van der Waals surface area (Å²) in [4.78, 5) is 16.8. The molecule has 1 heterocycles. The molecule has 1 aliphatic heterocycles. The Bertz CT molecular complexity index is 652. The van der Waals surface area contributed by atoms with Gasteiger partial charge in [-0.05, 0) is 36.4 Å². The van der Waals surface area contributed by atoms with Crippen molar-refractivity contribution in [3.63, 3.8) is 0 Å². The summed E-state index contributed by atoms with van der Waals surface area (Å²) in [6.45, 7) is 5.62. The Balaban J connectivity index is 1.39. The van der Waals surface area contributed by atoms with Crippen molar-refractivity contribution >= 4 is 23.2 Å². The van der Waals surface area contributed by atoms with Crippen molar-refractivity contribution in [2.24, 2.45) is 0 Å². The third kappa shape index (κ3) is 4.49. The van der Waals surface area contributed by atoms with Crippen LogP contribution < -0.4 is 10.2 Å². The molecule has 0 spiro atoms. The van der Waals surface area contributed by atoms with Crippen molar-refractivity contribution in [2.75, 3.05) is 44.2 Å². The lowest BCUT2D eigenvalue weighted by molar-refractivity contribution is 0.0948. The quantitative estimate of drug-likeness (QED) is 0.906. The number of carbonyl (C=O) groups is 1. The van der Waals surface area contributed by atoms with Crippen molar-refractivity contribution in [1.82, 2.24) is 10.2 Å². The van der Waals surface area contributed by atoms with Crippen LogP contribution in [0.5, 0.6) is 0 Å². The van der Waals surface area contributed by atoms with Gasteiger partial charge < -0.3 is 10.2 Å². The third-order valence-electron chi connectivity index (χ3n) is 4.31. The minimum absolute atomic E-state index is 0.0467. The van der Waals surface area contributed by atoms with Gasteiger partial charge >= 0.3 is 0 Å². The Hall–Kier alpha value is -2.04. The molecule has 1 aliphatic rings. The number of para-hydroxylation sites is 1. The first-order valence-corrected chi connectivity index (χ1v) is 8.66.